The molecular weight excluding hydrogens is 242 g/mol. The summed E-state index contributed by atoms with van der Waals surface area (Å²) in [4.78, 5) is 2.57. The van der Waals surface area contributed by atoms with Crippen LogP contribution in [0.25, 0.3) is 0 Å². The van der Waals surface area contributed by atoms with Gasteiger partial charge in [-0.2, -0.15) is 0 Å². The van der Waals surface area contributed by atoms with Crippen LogP contribution in [0.15, 0.2) is 24.3 Å². The van der Waals surface area contributed by atoms with E-state index in [0.717, 1.165) is 31.4 Å². The van der Waals surface area contributed by atoms with Crippen LogP contribution in [0.3, 0.4) is 0 Å². The highest BCUT2D eigenvalue weighted by Gasteiger charge is 2.21. The molecule has 1 fully saturated rings. The van der Waals surface area contributed by atoms with Gasteiger partial charge in [-0.05, 0) is 30.4 Å². The Kier molecular flexibility index (Phi) is 5.52. The first kappa shape index (κ1) is 13.9. The Morgan fingerprint density at radius 3 is 2.28 bits per heavy atom. The Morgan fingerprint density at radius 2 is 1.72 bits per heavy atom. The molecule has 1 saturated carbocycles. The van der Waals surface area contributed by atoms with Crippen molar-refractivity contribution >= 4 is 11.6 Å². The molecule has 1 aromatic rings. The average molecular weight is 266 g/mol. The van der Waals surface area contributed by atoms with Gasteiger partial charge in [0.1, 0.15) is 0 Å². The lowest BCUT2D eigenvalue weighted by atomic mass is 10.1. The topological polar surface area (TPSA) is 3.24 Å². The van der Waals surface area contributed by atoms with E-state index in [1.54, 1.807) is 0 Å². The molecule has 0 aliphatic heterocycles. The molecule has 0 aromatic heterocycles. The van der Waals surface area contributed by atoms with Crippen LogP contribution < -0.4 is 0 Å². The first-order valence-electron chi connectivity index (χ1n) is 7.21. The fourth-order valence-corrected chi connectivity index (χ4v) is 3.10. The maximum Gasteiger partial charge on any atom is 0.0351 e. The second-order valence-electron chi connectivity index (χ2n) is 5.27. The zero-order valence-electron chi connectivity index (χ0n) is 11.4. The number of halogens is 1. The third-order valence-electron chi connectivity index (χ3n) is 4.03. The lowest BCUT2D eigenvalue weighted by Crippen LogP contribution is -2.34. The third-order valence-corrected chi connectivity index (χ3v) is 4.20. The van der Waals surface area contributed by atoms with Crippen molar-refractivity contribution in [2.45, 2.75) is 51.6 Å². The van der Waals surface area contributed by atoms with Gasteiger partial charge in [0, 0.05) is 25.0 Å². The highest BCUT2D eigenvalue weighted by atomic mass is 35.5. The molecule has 2 rings (SSSR count). The maximum absolute atomic E-state index is 5.95. The van der Waals surface area contributed by atoms with E-state index in [-0.39, 0.29) is 0 Å². The number of nitrogens with zero attached hydrogens (tertiary/aromatic N) is 1. The normalized spacial score (nSPS) is 16.6. The molecular formula is C16H24ClN. The van der Waals surface area contributed by atoms with Gasteiger partial charge in [0.2, 0.25) is 0 Å². The molecule has 0 unspecified atom stereocenters. The van der Waals surface area contributed by atoms with Gasteiger partial charge in [-0.15, -0.1) is 11.6 Å². The summed E-state index contributed by atoms with van der Waals surface area (Å²) in [6.45, 7) is 4.27. The van der Waals surface area contributed by atoms with Gasteiger partial charge in [0.25, 0.3) is 0 Å². The Hall–Kier alpha value is -0.530. The van der Waals surface area contributed by atoms with Crippen molar-refractivity contribution in [1.29, 1.82) is 0 Å². The molecule has 0 saturated heterocycles. The molecule has 0 N–H and O–H groups in total. The average Bonchev–Trinajstić information content (AvgIpc) is 2.93. The van der Waals surface area contributed by atoms with E-state index in [4.69, 9.17) is 11.6 Å². The van der Waals surface area contributed by atoms with Gasteiger partial charge in [-0.1, -0.05) is 44.0 Å². The number of aryl methyl sites for hydroxylation is 1. The highest BCUT2D eigenvalue weighted by Crippen LogP contribution is 2.25. The molecule has 0 heterocycles. The predicted octanol–water partition coefficient (Wildman–Crippen LogP) is 4.23. The maximum atomic E-state index is 5.95. The molecule has 0 atom stereocenters. The monoisotopic (exact) mass is 265 g/mol. The first-order valence-corrected chi connectivity index (χ1v) is 7.74. The van der Waals surface area contributed by atoms with Gasteiger partial charge < -0.3 is 0 Å². The molecule has 0 radical (unpaired) electrons. The lowest BCUT2D eigenvalue weighted by Gasteiger charge is -2.28. The number of rotatable bonds is 6. The fraction of sp³-hybridized carbons (Fsp3) is 0.625. The minimum atomic E-state index is 0.740. The summed E-state index contributed by atoms with van der Waals surface area (Å²) >= 11 is 5.95. The van der Waals surface area contributed by atoms with Gasteiger partial charge >= 0.3 is 0 Å². The molecule has 0 bridgehead atoms. The van der Waals surface area contributed by atoms with E-state index in [2.05, 4.69) is 36.1 Å². The second-order valence-corrected chi connectivity index (χ2v) is 5.65. The third kappa shape index (κ3) is 3.73. The molecule has 1 aliphatic rings. The van der Waals surface area contributed by atoms with Gasteiger partial charge in [0.15, 0.2) is 0 Å². The standard InChI is InChI=1S/C16H24ClN/c1-2-14-7-9-15(10-8-14)13-18(12-11-17)16-5-3-4-6-16/h7-10,16H,2-6,11-13H2,1H3. The summed E-state index contributed by atoms with van der Waals surface area (Å²) in [7, 11) is 0. The summed E-state index contributed by atoms with van der Waals surface area (Å²) in [5.41, 5.74) is 2.84. The Balaban J connectivity index is 1.98. The largest absolute Gasteiger partial charge is 0.295 e. The van der Waals surface area contributed by atoms with Crippen LogP contribution in [0.1, 0.15) is 43.7 Å². The van der Waals surface area contributed by atoms with E-state index in [9.17, 15) is 0 Å². The zero-order chi connectivity index (χ0) is 12.8. The number of alkyl halides is 1. The summed E-state index contributed by atoms with van der Waals surface area (Å²) in [6, 6.07) is 9.81. The molecule has 0 spiro atoms. The van der Waals surface area contributed by atoms with Crippen LogP contribution in [0.5, 0.6) is 0 Å². The van der Waals surface area contributed by atoms with Crippen molar-refractivity contribution in [2.75, 3.05) is 12.4 Å². The van der Waals surface area contributed by atoms with E-state index in [1.807, 2.05) is 0 Å². The quantitative estimate of drug-likeness (QED) is 0.696. The van der Waals surface area contributed by atoms with Crippen LogP contribution >= 0.6 is 11.6 Å². The fourth-order valence-electron chi connectivity index (χ4n) is 2.88. The van der Waals surface area contributed by atoms with Gasteiger partial charge in [-0.3, -0.25) is 4.90 Å². The Bertz CT molecular complexity index is 341. The van der Waals surface area contributed by atoms with Crippen LogP contribution in [-0.4, -0.2) is 23.4 Å². The first-order chi connectivity index (χ1) is 8.83. The van der Waals surface area contributed by atoms with Crippen LogP contribution in [0.4, 0.5) is 0 Å². The van der Waals surface area contributed by atoms with Gasteiger partial charge in [-0.25, -0.2) is 0 Å². The van der Waals surface area contributed by atoms with Crippen molar-refractivity contribution in [1.82, 2.24) is 4.90 Å². The summed E-state index contributed by atoms with van der Waals surface area (Å²) in [6.07, 6.45) is 6.60. The van der Waals surface area contributed by atoms with Crippen LogP contribution in [-0.2, 0) is 13.0 Å². The number of hydrogen-bond donors (Lipinski definition) is 0. The van der Waals surface area contributed by atoms with Crippen molar-refractivity contribution in [2.24, 2.45) is 0 Å². The van der Waals surface area contributed by atoms with Crippen molar-refractivity contribution in [3.8, 4) is 0 Å². The molecule has 0 amide bonds. The minimum absolute atomic E-state index is 0.740. The van der Waals surface area contributed by atoms with Gasteiger partial charge in [0.05, 0.1) is 0 Å². The Labute approximate surface area is 116 Å². The minimum Gasteiger partial charge on any atom is -0.295 e. The molecule has 1 aromatic carbocycles. The van der Waals surface area contributed by atoms with E-state index >= 15 is 0 Å². The molecule has 2 heteroatoms. The molecule has 100 valence electrons. The van der Waals surface area contributed by atoms with E-state index < -0.39 is 0 Å². The summed E-state index contributed by atoms with van der Waals surface area (Å²) < 4.78 is 0. The number of hydrogen-bond acceptors (Lipinski definition) is 1. The second kappa shape index (κ2) is 7.16. The molecule has 1 nitrogen and oxygen atoms in total. The summed E-state index contributed by atoms with van der Waals surface area (Å²) in [5, 5.41) is 0. The highest BCUT2D eigenvalue weighted by molar-refractivity contribution is 6.18. The predicted molar refractivity (Wildman–Crippen MR) is 79.2 cm³/mol. The summed E-state index contributed by atoms with van der Waals surface area (Å²) in [5.74, 6) is 0.740. The lowest BCUT2D eigenvalue weighted by molar-refractivity contribution is 0.201. The van der Waals surface area contributed by atoms with Crippen molar-refractivity contribution < 1.29 is 0 Å². The Morgan fingerprint density at radius 1 is 1.11 bits per heavy atom. The van der Waals surface area contributed by atoms with Crippen LogP contribution in [0, 0.1) is 0 Å². The van der Waals surface area contributed by atoms with E-state index in [1.165, 1.54) is 36.8 Å². The van der Waals surface area contributed by atoms with Crippen molar-refractivity contribution in [3.63, 3.8) is 0 Å². The zero-order valence-corrected chi connectivity index (χ0v) is 12.1. The van der Waals surface area contributed by atoms with Crippen LogP contribution in [0.2, 0.25) is 0 Å². The SMILES string of the molecule is CCc1ccc(CN(CCCl)C2CCCC2)cc1. The number of benzene rings is 1. The van der Waals surface area contributed by atoms with Crippen molar-refractivity contribution in [3.05, 3.63) is 35.4 Å². The molecule has 1 aliphatic carbocycles. The molecule has 18 heavy (non-hydrogen) atoms. The van der Waals surface area contributed by atoms with E-state index in [0.29, 0.717) is 0 Å². The smallest absolute Gasteiger partial charge is 0.0351 e.